The number of carbonyl (C=O) groups is 5. The average molecular weight is 526 g/mol. The van der Waals surface area contributed by atoms with Gasteiger partial charge in [-0.05, 0) is 30.0 Å². The lowest BCUT2D eigenvalue weighted by molar-refractivity contribution is -0.144. The normalized spacial score (nSPS) is 15.0. The summed E-state index contributed by atoms with van der Waals surface area (Å²) in [5, 5.41) is 26.4. The predicted molar refractivity (Wildman–Crippen MR) is 135 cm³/mol. The van der Waals surface area contributed by atoms with Gasteiger partial charge in [-0.2, -0.15) is 12.6 Å². The van der Waals surface area contributed by atoms with E-state index in [4.69, 9.17) is 11.5 Å². The second kappa shape index (κ2) is 14.9. The molecule has 0 aliphatic rings. The van der Waals surface area contributed by atoms with Gasteiger partial charge in [0, 0.05) is 18.6 Å². The topological polar surface area (TPSA) is 214 Å². The highest BCUT2D eigenvalue weighted by Gasteiger charge is 2.32. The van der Waals surface area contributed by atoms with Gasteiger partial charge in [0.15, 0.2) is 0 Å². The first-order valence-corrected chi connectivity index (χ1v) is 12.1. The molecule has 12 nitrogen and oxygen atoms in total. The fraction of sp³-hybridized carbons (Fsp3) is 0.522. The van der Waals surface area contributed by atoms with E-state index >= 15 is 0 Å². The highest BCUT2D eigenvalue weighted by molar-refractivity contribution is 7.80. The number of aromatic hydroxyl groups is 1. The maximum absolute atomic E-state index is 13.2. The molecule has 13 heteroatoms. The number of nitrogens with two attached hydrogens (primary N) is 2. The Kier molecular flexibility index (Phi) is 12.7. The number of carboxylic acid groups (broad SMARTS) is 1. The Bertz CT molecular complexity index is 928. The Labute approximate surface area is 215 Å². The van der Waals surface area contributed by atoms with Crippen molar-refractivity contribution in [1.82, 2.24) is 16.0 Å². The molecule has 0 aliphatic carbocycles. The molecule has 1 aromatic rings. The number of carbonyl (C=O) groups excluding carboxylic acids is 4. The standard InChI is InChI=1S/C23H35N5O7S/c1-3-12(2)19(23(34)35)28-21(32)16(8-9-18(25)30)26-22(33)17(27-20(31)15(24)11-36)10-13-4-6-14(29)7-5-13/h4-7,12,15-17,19,29,36H,3,8-11,24H2,1-2H3,(H2,25,30)(H,26,33)(H,27,31)(H,28,32)(H,34,35). The molecule has 0 spiro atoms. The summed E-state index contributed by atoms with van der Waals surface area (Å²) in [5.74, 6) is -4.54. The number of primary amides is 1. The van der Waals surface area contributed by atoms with Crippen LogP contribution in [0.15, 0.2) is 24.3 Å². The van der Waals surface area contributed by atoms with Crippen molar-refractivity contribution in [2.24, 2.45) is 17.4 Å². The highest BCUT2D eigenvalue weighted by atomic mass is 32.1. The first-order chi connectivity index (χ1) is 16.9. The Hall–Kier alpha value is -3.32. The lowest BCUT2D eigenvalue weighted by Gasteiger charge is -2.26. The summed E-state index contributed by atoms with van der Waals surface area (Å²) in [6.45, 7) is 3.43. The van der Waals surface area contributed by atoms with Crippen LogP contribution in [0.2, 0.25) is 0 Å². The van der Waals surface area contributed by atoms with Gasteiger partial charge in [0.1, 0.15) is 23.9 Å². The van der Waals surface area contributed by atoms with E-state index in [0.717, 1.165) is 0 Å². The summed E-state index contributed by atoms with van der Waals surface area (Å²) in [7, 11) is 0. The van der Waals surface area contributed by atoms with E-state index in [0.29, 0.717) is 12.0 Å². The maximum Gasteiger partial charge on any atom is 0.326 e. The molecular formula is C23H35N5O7S. The van der Waals surface area contributed by atoms with Gasteiger partial charge in [-0.3, -0.25) is 19.2 Å². The maximum atomic E-state index is 13.2. The average Bonchev–Trinajstić information content (AvgIpc) is 2.84. The monoisotopic (exact) mass is 525 g/mol. The lowest BCUT2D eigenvalue weighted by atomic mass is 9.98. The van der Waals surface area contributed by atoms with Crippen LogP contribution < -0.4 is 27.4 Å². The van der Waals surface area contributed by atoms with Crippen molar-refractivity contribution in [1.29, 1.82) is 0 Å². The molecule has 0 saturated carbocycles. The van der Waals surface area contributed by atoms with Crippen molar-refractivity contribution in [3.8, 4) is 5.75 Å². The molecule has 5 unspecified atom stereocenters. The second-order valence-corrected chi connectivity index (χ2v) is 8.86. The summed E-state index contributed by atoms with van der Waals surface area (Å²) < 4.78 is 0. The molecule has 0 radical (unpaired) electrons. The Balaban J connectivity index is 3.16. The summed E-state index contributed by atoms with van der Waals surface area (Å²) in [4.78, 5) is 61.5. The third-order valence-electron chi connectivity index (χ3n) is 5.63. The SMILES string of the molecule is CCC(C)C(NC(=O)C(CCC(N)=O)NC(=O)C(Cc1ccc(O)cc1)NC(=O)C(N)CS)C(=O)O. The van der Waals surface area contributed by atoms with E-state index in [2.05, 4.69) is 28.6 Å². The number of phenolic OH excluding ortho intramolecular Hbond substituents is 1. The van der Waals surface area contributed by atoms with Gasteiger partial charge in [-0.25, -0.2) is 4.79 Å². The molecule has 5 atom stereocenters. The minimum absolute atomic E-state index is 0.00801. The van der Waals surface area contributed by atoms with Crippen LogP contribution in [-0.4, -0.2) is 69.7 Å². The molecule has 0 bridgehead atoms. The van der Waals surface area contributed by atoms with Crippen molar-refractivity contribution >= 4 is 42.2 Å². The number of thiol groups is 1. The largest absolute Gasteiger partial charge is 0.508 e. The Morgan fingerprint density at radius 2 is 1.53 bits per heavy atom. The molecule has 0 aromatic heterocycles. The number of aliphatic carboxylic acids is 1. The summed E-state index contributed by atoms with van der Waals surface area (Å²) in [6.07, 6.45) is 0.0301. The van der Waals surface area contributed by atoms with Gasteiger partial charge in [0.25, 0.3) is 0 Å². The summed E-state index contributed by atoms with van der Waals surface area (Å²) in [5.41, 5.74) is 11.5. The van der Waals surface area contributed by atoms with E-state index < -0.39 is 59.7 Å². The highest BCUT2D eigenvalue weighted by Crippen LogP contribution is 2.13. The summed E-state index contributed by atoms with van der Waals surface area (Å²) in [6, 6.07) is 1.25. The molecule has 0 saturated heterocycles. The van der Waals surface area contributed by atoms with E-state index in [9.17, 15) is 34.2 Å². The van der Waals surface area contributed by atoms with Gasteiger partial charge >= 0.3 is 5.97 Å². The quantitative estimate of drug-likeness (QED) is 0.133. The molecule has 0 heterocycles. The Morgan fingerprint density at radius 3 is 2.03 bits per heavy atom. The fourth-order valence-corrected chi connectivity index (χ4v) is 3.37. The van der Waals surface area contributed by atoms with Crippen LogP contribution in [0.25, 0.3) is 0 Å². The van der Waals surface area contributed by atoms with Gasteiger partial charge in [0.05, 0.1) is 6.04 Å². The first kappa shape index (κ1) is 30.7. The molecule has 0 aliphatic heterocycles. The minimum Gasteiger partial charge on any atom is -0.508 e. The number of nitrogens with one attached hydrogen (secondary N) is 3. The Morgan fingerprint density at radius 1 is 0.972 bits per heavy atom. The van der Waals surface area contributed by atoms with E-state index in [-0.39, 0.29) is 30.8 Å². The van der Waals surface area contributed by atoms with Crippen molar-refractivity contribution in [2.75, 3.05) is 5.75 Å². The third-order valence-corrected chi connectivity index (χ3v) is 6.03. The predicted octanol–water partition coefficient (Wildman–Crippen LogP) is -0.958. The number of hydrogen-bond acceptors (Lipinski definition) is 8. The molecular weight excluding hydrogens is 490 g/mol. The summed E-state index contributed by atoms with van der Waals surface area (Å²) >= 11 is 3.98. The van der Waals surface area contributed by atoms with Gasteiger partial charge in [-0.15, -0.1) is 0 Å². The van der Waals surface area contributed by atoms with E-state index in [1.165, 1.54) is 12.1 Å². The number of benzene rings is 1. The molecule has 36 heavy (non-hydrogen) atoms. The van der Waals surface area contributed by atoms with Crippen LogP contribution in [0.4, 0.5) is 0 Å². The van der Waals surface area contributed by atoms with Crippen molar-refractivity contribution in [2.45, 2.75) is 63.7 Å². The number of carboxylic acids is 1. The molecule has 200 valence electrons. The zero-order valence-electron chi connectivity index (χ0n) is 20.3. The van der Waals surface area contributed by atoms with E-state index in [1.807, 2.05) is 0 Å². The van der Waals surface area contributed by atoms with Crippen molar-refractivity contribution in [3.05, 3.63) is 29.8 Å². The van der Waals surface area contributed by atoms with Crippen LogP contribution in [0.1, 0.15) is 38.7 Å². The van der Waals surface area contributed by atoms with Gasteiger partial charge in [0.2, 0.25) is 23.6 Å². The molecule has 9 N–H and O–H groups in total. The smallest absolute Gasteiger partial charge is 0.326 e. The second-order valence-electron chi connectivity index (χ2n) is 8.50. The van der Waals surface area contributed by atoms with Crippen LogP contribution in [-0.2, 0) is 30.4 Å². The number of amides is 4. The van der Waals surface area contributed by atoms with Crippen LogP contribution in [0.3, 0.4) is 0 Å². The van der Waals surface area contributed by atoms with Crippen LogP contribution in [0, 0.1) is 5.92 Å². The number of phenols is 1. The first-order valence-electron chi connectivity index (χ1n) is 11.5. The molecule has 4 amide bonds. The van der Waals surface area contributed by atoms with E-state index in [1.54, 1.807) is 26.0 Å². The third kappa shape index (κ3) is 10.1. The van der Waals surface area contributed by atoms with Crippen molar-refractivity contribution < 1.29 is 34.2 Å². The zero-order chi connectivity index (χ0) is 27.4. The lowest BCUT2D eigenvalue weighted by Crippen LogP contribution is -2.58. The molecule has 1 aromatic carbocycles. The molecule has 0 fully saturated rings. The number of rotatable bonds is 15. The van der Waals surface area contributed by atoms with Crippen LogP contribution >= 0.6 is 12.6 Å². The number of hydrogen-bond donors (Lipinski definition) is 8. The fourth-order valence-electron chi connectivity index (χ4n) is 3.20. The van der Waals surface area contributed by atoms with Gasteiger partial charge in [-0.1, -0.05) is 32.4 Å². The van der Waals surface area contributed by atoms with Gasteiger partial charge < -0.3 is 37.6 Å². The van der Waals surface area contributed by atoms with Crippen LogP contribution in [0.5, 0.6) is 5.75 Å². The molecule has 1 rings (SSSR count). The minimum atomic E-state index is -1.30. The van der Waals surface area contributed by atoms with Crippen molar-refractivity contribution in [3.63, 3.8) is 0 Å². The zero-order valence-corrected chi connectivity index (χ0v) is 21.2.